The van der Waals surface area contributed by atoms with E-state index in [1.54, 1.807) is 0 Å². The zero-order valence-electron chi connectivity index (χ0n) is 12.7. The summed E-state index contributed by atoms with van der Waals surface area (Å²) in [7, 11) is 1.96. The Morgan fingerprint density at radius 1 is 1.45 bits per heavy atom. The van der Waals surface area contributed by atoms with Gasteiger partial charge < -0.3 is 15.2 Å². The van der Waals surface area contributed by atoms with E-state index in [4.69, 9.17) is 0 Å². The number of fused-ring (bicyclic) bond motifs is 1. The Bertz CT molecular complexity index is 661. The number of nitrogens with one attached hydrogen (secondary N) is 2. The third kappa shape index (κ3) is 2.97. The smallest absolute Gasteiger partial charge is 0.256 e. The summed E-state index contributed by atoms with van der Waals surface area (Å²) < 4.78 is 13.7. The van der Waals surface area contributed by atoms with Crippen molar-refractivity contribution in [3.63, 3.8) is 0 Å². The number of carbonyl (C=O) groups is 1. The predicted molar refractivity (Wildman–Crippen MR) is 83.2 cm³/mol. The Morgan fingerprint density at radius 2 is 2.23 bits per heavy atom. The average molecular weight is 304 g/mol. The Balaban J connectivity index is 1.73. The zero-order valence-corrected chi connectivity index (χ0v) is 12.7. The lowest BCUT2D eigenvalue weighted by Gasteiger charge is -2.32. The van der Waals surface area contributed by atoms with Gasteiger partial charge in [0.2, 0.25) is 0 Å². The van der Waals surface area contributed by atoms with E-state index in [1.807, 2.05) is 11.9 Å². The van der Waals surface area contributed by atoms with Gasteiger partial charge in [0.1, 0.15) is 11.3 Å². The van der Waals surface area contributed by atoms with Crippen LogP contribution in [0.3, 0.4) is 0 Å². The molecular weight excluding hydrogens is 283 g/mol. The maximum Gasteiger partial charge on any atom is 0.256 e. The first-order chi connectivity index (χ1) is 10.7. The standard InChI is InChI=1S/C16H21FN4O/c1-18-5-2-11-3-6-21(7-4-11)16(22)13-8-12(17)9-14-15(13)20-10-19-14/h8-11,18H,2-7H2,1H3,(H,19,20). The van der Waals surface area contributed by atoms with Crippen molar-refractivity contribution >= 4 is 16.9 Å². The number of hydrogen-bond donors (Lipinski definition) is 2. The van der Waals surface area contributed by atoms with Gasteiger partial charge in [-0.1, -0.05) is 0 Å². The fourth-order valence-corrected chi connectivity index (χ4v) is 3.12. The molecule has 5 nitrogen and oxygen atoms in total. The molecule has 2 heterocycles. The summed E-state index contributed by atoms with van der Waals surface area (Å²) in [6, 6.07) is 2.65. The van der Waals surface area contributed by atoms with E-state index >= 15 is 0 Å². The second-order valence-electron chi connectivity index (χ2n) is 5.88. The first-order valence-corrected chi connectivity index (χ1v) is 7.75. The van der Waals surface area contributed by atoms with E-state index in [1.165, 1.54) is 18.5 Å². The van der Waals surface area contributed by atoms with E-state index in [2.05, 4.69) is 15.3 Å². The van der Waals surface area contributed by atoms with Gasteiger partial charge in [0.05, 0.1) is 17.4 Å². The van der Waals surface area contributed by atoms with E-state index in [0.717, 1.165) is 38.9 Å². The summed E-state index contributed by atoms with van der Waals surface area (Å²) in [6.45, 7) is 2.47. The Labute approximate surface area is 128 Å². The highest BCUT2D eigenvalue weighted by molar-refractivity contribution is 6.04. The molecule has 1 aromatic heterocycles. The molecule has 0 radical (unpaired) electrons. The van der Waals surface area contributed by atoms with Gasteiger partial charge in [0, 0.05) is 13.1 Å². The quantitative estimate of drug-likeness (QED) is 0.910. The molecule has 1 aliphatic heterocycles. The lowest BCUT2D eigenvalue weighted by Crippen LogP contribution is -2.39. The number of rotatable bonds is 4. The molecule has 22 heavy (non-hydrogen) atoms. The lowest BCUT2D eigenvalue weighted by molar-refractivity contribution is 0.0688. The normalized spacial score (nSPS) is 16.4. The number of H-pyrrole nitrogens is 1. The molecular formula is C16H21FN4O. The summed E-state index contributed by atoms with van der Waals surface area (Å²) in [4.78, 5) is 21.5. The molecule has 0 saturated carbocycles. The predicted octanol–water partition coefficient (Wildman–Crippen LogP) is 2.16. The third-order valence-corrected chi connectivity index (χ3v) is 4.42. The van der Waals surface area contributed by atoms with Crippen LogP contribution in [0.2, 0.25) is 0 Å². The number of amides is 1. The number of piperidine rings is 1. The largest absolute Gasteiger partial charge is 0.344 e. The van der Waals surface area contributed by atoms with Crippen molar-refractivity contribution < 1.29 is 9.18 Å². The Hall–Kier alpha value is -1.95. The van der Waals surface area contributed by atoms with Crippen molar-refractivity contribution in [2.75, 3.05) is 26.7 Å². The summed E-state index contributed by atoms with van der Waals surface area (Å²) in [6.07, 6.45) is 4.64. The van der Waals surface area contributed by atoms with E-state index < -0.39 is 5.82 Å². The average Bonchev–Trinajstić information content (AvgIpc) is 3.00. The second kappa shape index (κ2) is 6.44. The molecule has 0 spiro atoms. The lowest BCUT2D eigenvalue weighted by atomic mass is 9.93. The van der Waals surface area contributed by atoms with Crippen LogP contribution < -0.4 is 5.32 Å². The van der Waals surface area contributed by atoms with Crippen LogP contribution in [0.15, 0.2) is 18.5 Å². The molecule has 118 valence electrons. The van der Waals surface area contributed by atoms with E-state index in [9.17, 15) is 9.18 Å². The monoisotopic (exact) mass is 304 g/mol. The molecule has 0 unspecified atom stereocenters. The molecule has 0 bridgehead atoms. The van der Waals surface area contributed by atoms with Gasteiger partial charge >= 0.3 is 0 Å². The molecule has 3 rings (SSSR count). The molecule has 2 N–H and O–H groups in total. The van der Waals surface area contributed by atoms with Crippen LogP contribution in [0.25, 0.3) is 11.0 Å². The van der Waals surface area contributed by atoms with Crippen molar-refractivity contribution in [3.8, 4) is 0 Å². The number of likely N-dealkylation sites (tertiary alicyclic amines) is 1. The number of halogens is 1. The highest BCUT2D eigenvalue weighted by Crippen LogP contribution is 2.24. The molecule has 1 saturated heterocycles. The number of nitrogens with zero attached hydrogens (tertiary/aromatic N) is 2. The zero-order chi connectivity index (χ0) is 15.5. The minimum atomic E-state index is -0.413. The van der Waals surface area contributed by atoms with Crippen molar-refractivity contribution in [3.05, 3.63) is 29.8 Å². The SMILES string of the molecule is CNCCC1CCN(C(=O)c2cc(F)cc3[nH]cnc23)CC1. The molecule has 1 fully saturated rings. The molecule has 0 atom stereocenters. The maximum atomic E-state index is 13.7. The van der Waals surface area contributed by atoms with Gasteiger partial charge in [-0.3, -0.25) is 4.79 Å². The van der Waals surface area contributed by atoms with Crippen LogP contribution >= 0.6 is 0 Å². The molecule has 1 amide bonds. The molecule has 6 heteroatoms. The van der Waals surface area contributed by atoms with Crippen molar-refractivity contribution in [2.24, 2.45) is 5.92 Å². The highest BCUT2D eigenvalue weighted by atomic mass is 19.1. The topological polar surface area (TPSA) is 61.0 Å². The molecule has 1 aliphatic rings. The van der Waals surface area contributed by atoms with Crippen molar-refractivity contribution in [1.29, 1.82) is 0 Å². The van der Waals surface area contributed by atoms with Crippen LogP contribution in [0.4, 0.5) is 4.39 Å². The minimum absolute atomic E-state index is 0.122. The van der Waals surface area contributed by atoms with Crippen LogP contribution in [0, 0.1) is 11.7 Å². The fourth-order valence-electron chi connectivity index (χ4n) is 3.12. The fraction of sp³-hybridized carbons (Fsp3) is 0.500. The van der Waals surface area contributed by atoms with Gasteiger partial charge in [-0.25, -0.2) is 9.37 Å². The van der Waals surface area contributed by atoms with Gasteiger partial charge in [0.15, 0.2) is 0 Å². The summed E-state index contributed by atoms with van der Waals surface area (Å²) in [5.41, 5.74) is 1.46. The Kier molecular flexibility index (Phi) is 4.38. The first-order valence-electron chi connectivity index (χ1n) is 7.75. The number of imidazole rings is 1. The maximum absolute atomic E-state index is 13.7. The van der Waals surface area contributed by atoms with Gasteiger partial charge in [0.25, 0.3) is 5.91 Å². The number of benzene rings is 1. The number of hydrogen-bond acceptors (Lipinski definition) is 3. The Morgan fingerprint density at radius 3 is 2.95 bits per heavy atom. The summed E-state index contributed by atoms with van der Waals surface area (Å²) in [5, 5.41) is 3.16. The van der Waals surface area contributed by atoms with Crippen LogP contribution in [-0.2, 0) is 0 Å². The molecule has 0 aliphatic carbocycles. The van der Waals surface area contributed by atoms with Crippen molar-refractivity contribution in [2.45, 2.75) is 19.3 Å². The first kappa shape index (κ1) is 15.0. The van der Waals surface area contributed by atoms with Crippen LogP contribution in [0.1, 0.15) is 29.6 Å². The molecule has 2 aromatic rings. The third-order valence-electron chi connectivity index (χ3n) is 4.42. The molecule has 1 aromatic carbocycles. The summed E-state index contributed by atoms with van der Waals surface area (Å²) >= 11 is 0. The van der Waals surface area contributed by atoms with Gasteiger partial charge in [-0.15, -0.1) is 0 Å². The number of aromatic amines is 1. The minimum Gasteiger partial charge on any atom is -0.344 e. The highest BCUT2D eigenvalue weighted by Gasteiger charge is 2.25. The number of aromatic nitrogens is 2. The number of carbonyl (C=O) groups excluding carboxylic acids is 1. The van der Waals surface area contributed by atoms with E-state index in [-0.39, 0.29) is 5.91 Å². The van der Waals surface area contributed by atoms with Crippen molar-refractivity contribution in [1.82, 2.24) is 20.2 Å². The van der Waals surface area contributed by atoms with E-state index in [0.29, 0.717) is 22.5 Å². The van der Waals surface area contributed by atoms with Gasteiger partial charge in [-0.05, 0) is 50.9 Å². The second-order valence-corrected chi connectivity index (χ2v) is 5.88. The van der Waals surface area contributed by atoms with Crippen LogP contribution in [0.5, 0.6) is 0 Å². The van der Waals surface area contributed by atoms with Crippen LogP contribution in [-0.4, -0.2) is 47.5 Å². The van der Waals surface area contributed by atoms with Gasteiger partial charge in [-0.2, -0.15) is 0 Å². The summed E-state index contributed by atoms with van der Waals surface area (Å²) in [5.74, 6) is 0.127.